The highest BCUT2D eigenvalue weighted by Gasteiger charge is 2.13. The molecular weight excluding hydrogens is 327 g/mol. The summed E-state index contributed by atoms with van der Waals surface area (Å²) in [5.41, 5.74) is 3.00. The highest BCUT2D eigenvalue weighted by molar-refractivity contribution is 9.10. The number of alkyl halides is 1. The lowest BCUT2D eigenvalue weighted by Gasteiger charge is -2.13. The Kier molecular flexibility index (Phi) is 4.64. The predicted molar refractivity (Wildman–Crippen MR) is 82.3 cm³/mol. The highest BCUT2D eigenvalue weighted by atomic mass is 79.9. The van der Waals surface area contributed by atoms with Gasteiger partial charge in [0.25, 0.3) is 0 Å². The number of hydrogen-bond donors (Lipinski definition) is 0. The Balaban J connectivity index is 2.30. The van der Waals surface area contributed by atoms with E-state index in [1.54, 1.807) is 0 Å². The van der Waals surface area contributed by atoms with Crippen LogP contribution in [0.3, 0.4) is 0 Å². The molecule has 0 spiro atoms. The molecular formula is C16H15BrClF. The summed E-state index contributed by atoms with van der Waals surface area (Å²) < 4.78 is 14.1. The van der Waals surface area contributed by atoms with Crippen molar-refractivity contribution in [1.82, 2.24) is 0 Å². The van der Waals surface area contributed by atoms with E-state index >= 15 is 0 Å². The summed E-state index contributed by atoms with van der Waals surface area (Å²) in [4.78, 5) is 0. The van der Waals surface area contributed by atoms with E-state index in [0.717, 1.165) is 11.1 Å². The van der Waals surface area contributed by atoms with Crippen LogP contribution in [0.4, 0.5) is 4.39 Å². The third-order valence-electron chi connectivity index (χ3n) is 3.07. The molecule has 0 saturated heterocycles. The molecule has 0 radical (unpaired) electrons. The summed E-state index contributed by atoms with van der Waals surface area (Å²) >= 11 is 9.71. The second-order valence-corrected chi connectivity index (χ2v) is 6.24. The van der Waals surface area contributed by atoms with Crippen molar-refractivity contribution in [2.75, 3.05) is 0 Å². The van der Waals surface area contributed by atoms with Gasteiger partial charge in [-0.3, -0.25) is 0 Å². The predicted octanol–water partition coefficient (Wildman–Crippen LogP) is 6.04. The summed E-state index contributed by atoms with van der Waals surface area (Å²) in [6.07, 6.45) is 0. The van der Waals surface area contributed by atoms with Crippen LogP contribution in [0.5, 0.6) is 0 Å². The Morgan fingerprint density at radius 2 is 1.53 bits per heavy atom. The average molecular weight is 342 g/mol. The fourth-order valence-corrected chi connectivity index (χ4v) is 2.72. The van der Waals surface area contributed by atoms with Gasteiger partial charge >= 0.3 is 0 Å². The van der Waals surface area contributed by atoms with E-state index in [0.29, 0.717) is 10.4 Å². The number of halogens is 3. The molecule has 0 amide bonds. The van der Waals surface area contributed by atoms with E-state index < -0.39 is 0 Å². The van der Waals surface area contributed by atoms with Gasteiger partial charge in [-0.25, -0.2) is 4.39 Å². The molecule has 100 valence electrons. The minimum Gasteiger partial charge on any atom is -0.207 e. The first-order chi connectivity index (χ1) is 8.97. The van der Waals surface area contributed by atoms with Gasteiger partial charge < -0.3 is 0 Å². The van der Waals surface area contributed by atoms with Crippen molar-refractivity contribution in [3.63, 3.8) is 0 Å². The van der Waals surface area contributed by atoms with Crippen LogP contribution in [0, 0.1) is 5.82 Å². The molecule has 0 nitrogen and oxygen atoms in total. The van der Waals surface area contributed by atoms with Crippen molar-refractivity contribution < 1.29 is 4.39 Å². The van der Waals surface area contributed by atoms with E-state index in [4.69, 9.17) is 11.6 Å². The zero-order valence-corrected chi connectivity index (χ0v) is 13.2. The number of hydrogen-bond acceptors (Lipinski definition) is 0. The van der Waals surface area contributed by atoms with Crippen molar-refractivity contribution in [3.05, 3.63) is 69.4 Å². The standard InChI is InChI=1S/C16H15BrClF/c1-10(2)11-3-5-12(6-4-11)16(18)13-7-14(17)9-15(19)8-13/h3-10,16H,1-2H3. The van der Waals surface area contributed by atoms with Crippen molar-refractivity contribution >= 4 is 27.5 Å². The molecule has 3 heteroatoms. The smallest absolute Gasteiger partial charge is 0.124 e. The first-order valence-corrected chi connectivity index (χ1v) is 7.40. The Morgan fingerprint density at radius 3 is 2.05 bits per heavy atom. The maximum Gasteiger partial charge on any atom is 0.124 e. The van der Waals surface area contributed by atoms with Gasteiger partial charge in [-0.1, -0.05) is 54.0 Å². The van der Waals surface area contributed by atoms with Gasteiger partial charge in [0.1, 0.15) is 5.82 Å². The van der Waals surface area contributed by atoms with Gasteiger partial charge in [0.05, 0.1) is 5.38 Å². The zero-order valence-electron chi connectivity index (χ0n) is 10.8. The third kappa shape index (κ3) is 3.58. The first kappa shape index (κ1) is 14.5. The molecule has 2 aromatic rings. The molecule has 0 aliphatic rings. The molecule has 0 bridgehead atoms. The lowest BCUT2D eigenvalue weighted by molar-refractivity contribution is 0.625. The van der Waals surface area contributed by atoms with Crippen molar-refractivity contribution in [2.24, 2.45) is 0 Å². The van der Waals surface area contributed by atoms with Crippen LogP contribution in [-0.2, 0) is 0 Å². The molecule has 0 aromatic heterocycles. The Hall–Kier alpha value is -0.860. The van der Waals surface area contributed by atoms with Crippen LogP contribution < -0.4 is 0 Å². The molecule has 2 aromatic carbocycles. The summed E-state index contributed by atoms with van der Waals surface area (Å²) in [5.74, 6) is 0.208. The van der Waals surface area contributed by atoms with E-state index in [9.17, 15) is 4.39 Å². The van der Waals surface area contributed by atoms with E-state index in [1.165, 1.54) is 17.7 Å². The van der Waals surface area contributed by atoms with Crippen molar-refractivity contribution in [1.29, 1.82) is 0 Å². The monoisotopic (exact) mass is 340 g/mol. The fourth-order valence-electron chi connectivity index (χ4n) is 1.96. The van der Waals surface area contributed by atoms with E-state index in [1.807, 2.05) is 18.2 Å². The van der Waals surface area contributed by atoms with E-state index in [2.05, 4.69) is 41.9 Å². The number of benzene rings is 2. The lowest BCUT2D eigenvalue weighted by Crippen LogP contribution is -1.96. The van der Waals surface area contributed by atoms with E-state index in [-0.39, 0.29) is 11.2 Å². The summed E-state index contributed by atoms with van der Waals surface area (Å²) in [6, 6.07) is 12.9. The molecule has 1 unspecified atom stereocenters. The SMILES string of the molecule is CC(C)c1ccc(C(Cl)c2cc(F)cc(Br)c2)cc1. The molecule has 0 fully saturated rings. The topological polar surface area (TPSA) is 0 Å². The molecule has 2 rings (SSSR count). The summed E-state index contributed by atoms with van der Waals surface area (Å²) in [6.45, 7) is 4.30. The van der Waals surface area contributed by atoms with Crippen LogP contribution in [0.1, 0.15) is 41.8 Å². The quantitative estimate of drug-likeness (QED) is 0.597. The zero-order chi connectivity index (χ0) is 14.0. The average Bonchev–Trinajstić information content (AvgIpc) is 2.37. The van der Waals surface area contributed by atoms with Crippen molar-refractivity contribution in [2.45, 2.75) is 25.1 Å². The van der Waals surface area contributed by atoms with Gasteiger partial charge in [0, 0.05) is 4.47 Å². The van der Waals surface area contributed by atoms with Crippen molar-refractivity contribution in [3.8, 4) is 0 Å². The maximum absolute atomic E-state index is 13.4. The van der Waals surface area contributed by atoms with Gasteiger partial charge in [0.2, 0.25) is 0 Å². The summed E-state index contributed by atoms with van der Waals surface area (Å²) in [5, 5.41) is -0.340. The second-order valence-electron chi connectivity index (χ2n) is 4.89. The van der Waals surface area contributed by atoms with Gasteiger partial charge in [-0.05, 0) is 40.8 Å². The molecule has 0 heterocycles. The Labute approximate surface area is 126 Å². The van der Waals surface area contributed by atoms with Crippen LogP contribution in [0.2, 0.25) is 0 Å². The van der Waals surface area contributed by atoms with Gasteiger partial charge in [-0.2, -0.15) is 0 Å². The van der Waals surface area contributed by atoms with Gasteiger partial charge in [-0.15, -0.1) is 11.6 Å². The normalized spacial score (nSPS) is 12.7. The lowest BCUT2D eigenvalue weighted by atomic mass is 9.98. The minimum atomic E-state index is -0.340. The molecule has 0 aliphatic carbocycles. The molecule has 0 saturated carbocycles. The Morgan fingerprint density at radius 1 is 0.947 bits per heavy atom. The van der Waals surface area contributed by atoms with Crippen LogP contribution >= 0.6 is 27.5 Å². The maximum atomic E-state index is 13.4. The molecule has 19 heavy (non-hydrogen) atoms. The highest BCUT2D eigenvalue weighted by Crippen LogP contribution is 2.31. The third-order valence-corrected chi connectivity index (χ3v) is 4.04. The van der Waals surface area contributed by atoms with Crippen LogP contribution in [0.15, 0.2) is 46.9 Å². The number of rotatable bonds is 3. The molecule has 0 N–H and O–H groups in total. The summed E-state index contributed by atoms with van der Waals surface area (Å²) in [7, 11) is 0. The molecule has 0 aliphatic heterocycles. The second kappa shape index (κ2) is 6.06. The molecule has 1 atom stereocenters. The minimum absolute atomic E-state index is 0.283. The fraction of sp³-hybridized carbons (Fsp3) is 0.250. The first-order valence-electron chi connectivity index (χ1n) is 6.17. The van der Waals surface area contributed by atoms with Gasteiger partial charge in [0.15, 0.2) is 0 Å². The van der Waals surface area contributed by atoms with Crippen LogP contribution in [0.25, 0.3) is 0 Å². The largest absolute Gasteiger partial charge is 0.207 e. The Bertz CT molecular complexity index is 543. The van der Waals surface area contributed by atoms with Crippen LogP contribution in [-0.4, -0.2) is 0 Å².